The maximum absolute atomic E-state index is 11.4. The molecule has 1 heterocycles. The highest BCUT2D eigenvalue weighted by Gasteiger charge is 2.12. The molecule has 0 spiro atoms. The van der Waals surface area contributed by atoms with Crippen LogP contribution < -0.4 is 0 Å². The van der Waals surface area contributed by atoms with Crippen LogP contribution in [0.3, 0.4) is 0 Å². The predicted molar refractivity (Wildman–Crippen MR) is 55.3 cm³/mol. The number of halogens is 1. The molecule has 0 unspecified atom stereocenters. The van der Waals surface area contributed by atoms with E-state index in [1.54, 1.807) is 6.07 Å². The predicted octanol–water partition coefficient (Wildman–Crippen LogP) is 2.76. The standard InChI is InChI=1S/C9H9ClO3S/c1-5-4-7(14-9(5)10)6(11)2-3-8(12)13/h4H,2-3H2,1H3,(H,12,13). The van der Waals surface area contributed by atoms with E-state index in [4.69, 9.17) is 16.7 Å². The highest BCUT2D eigenvalue weighted by atomic mass is 35.5. The van der Waals surface area contributed by atoms with Gasteiger partial charge in [0.1, 0.15) is 0 Å². The van der Waals surface area contributed by atoms with Crippen molar-refractivity contribution in [2.45, 2.75) is 19.8 Å². The summed E-state index contributed by atoms with van der Waals surface area (Å²) in [6.45, 7) is 1.81. The molecule has 5 heteroatoms. The average Bonchev–Trinajstić information content (AvgIpc) is 2.43. The monoisotopic (exact) mass is 232 g/mol. The summed E-state index contributed by atoms with van der Waals surface area (Å²) in [6.07, 6.45) is -0.0982. The molecule has 0 saturated carbocycles. The molecule has 0 bridgehead atoms. The largest absolute Gasteiger partial charge is 0.481 e. The SMILES string of the molecule is Cc1cc(C(=O)CCC(=O)O)sc1Cl. The highest BCUT2D eigenvalue weighted by Crippen LogP contribution is 2.27. The summed E-state index contributed by atoms with van der Waals surface area (Å²) >= 11 is 6.98. The Balaban J connectivity index is 2.65. The quantitative estimate of drug-likeness (QED) is 0.813. The fraction of sp³-hybridized carbons (Fsp3) is 0.333. The number of ketones is 1. The van der Waals surface area contributed by atoms with E-state index in [9.17, 15) is 9.59 Å². The lowest BCUT2D eigenvalue weighted by Gasteiger charge is -1.92. The molecule has 1 rings (SSSR count). The van der Waals surface area contributed by atoms with E-state index in [0.29, 0.717) is 9.21 Å². The van der Waals surface area contributed by atoms with Gasteiger partial charge in [-0.25, -0.2) is 0 Å². The summed E-state index contributed by atoms with van der Waals surface area (Å²) in [5, 5.41) is 8.39. The molecule has 0 atom stereocenters. The van der Waals surface area contributed by atoms with E-state index in [-0.39, 0.29) is 18.6 Å². The van der Waals surface area contributed by atoms with Crippen LogP contribution in [-0.2, 0) is 4.79 Å². The molecule has 0 aromatic carbocycles. The van der Waals surface area contributed by atoms with Crippen molar-refractivity contribution in [3.8, 4) is 0 Å². The van der Waals surface area contributed by atoms with Crippen LogP contribution in [0.1, 0.15) is 28.1 Å². The van der Waals surface area contributed by atoms with Crippen molar-refractivity contribution >= 4 is 34.7 Å². The van der Waals surface area contributed by atoms with Gasteiger partial charge in [-0.3, -0.25) is 9.59 Å². The summed E-state index contributed by atoms with van der Waals surface area (Å²) < 4.78 is 0.587. The van der Waals surface area contributed by atoms with Gasteiger partial charge in [0.15, 0.2) is 5.78 Å². The molecule has 3 nitrogen and oxygen atoms in total. The van der Waals surface area contributed by atoms with Crippen LogP contribution in [0.5, 0.6) is 0 Å². The maximum atomic E-state index is 11.4. The lowest BCUT2D eigenvalue weighted by Crippen LogP contribution is -2.01. The first-order chi connectivity index (χ1) is 6.50. The van der Waals surface area contributed by atoms with Gasteiger partial charge in [-0.15, -0.1) is 11.3 Å². The molecule has 0 aliphatic heterocycles. The normalized spacial score (nSPS) is 10.1. The van der Waals surface area contributed by atoms with Crippen molar-refractivity contribution in [2.24, 2.45) is 0 Å². The summed E-state index contributed by atoms with van der Waals surface area (Å²) in [5.41, 5.74) is 0.857. The number of aliphatic carboxylic acids is 1. The van der Waals surface area contributed by atoms with Gasteiger partial charge in [-0.1, -0.05) is 11.6 Å². The second-order valence-electron chi connectivity index (χ2n) is 2.88. The lowest BCUT2D eigenvalue weighted by molar-refractivity contribution is -0.136. The number of hydrogen-bond acceptors (Lipinski definition) is 3. The van der Waals surface area contributed by atoms with Crippen molar-refractivity contribution in [2.75, 3.05) is 0 Å². The van der Waals surface area contributed by atoms with Gasteiger partial charge in [0.25, 0.3) is 0 Å². The molecule has 0 amide bonds. The summed E-state index contributed by atoms with van der Waals surface area (Å²) in [4.78, 5) is 22.2. The highest BCUT2D eigenvalue weighted by molar-refractivity contribution is 7.18. The third-order valence-electron chi connectivity index (χ3n) is 1.70. The van der Waals surface area contributed by atoms with E-state index in [1.807, 2.05) is 6.92 Å². The molecule has 14 heavy (non-hydrogen) atoms. The van der Waals surface area contributed by atoms with Crippen LogP contribution in [0.25, 0.3) is 0 Å². The number of hydrogen-bond donors (Lipinski definition) is 1. The van der Waals surface area contributed by atoms with Crippen molar-refractivity contribution in [3.05, 3.63) is 20.8 Å². The van der Waals surface area contributed by atoms with Crippen LogP contribution in [0.2, 0.25) is 4.34 Å². The molecule has 1 aromatic heterocycles. The van der Waals surface area contributed by atoms with Crippen LogP contribution in [0.15, 0.2) is 6.07 Å². The first-order valence-corrected chi connectivity index (χ1v) is 5.21. The summed E-state index contributed by atoms with van der Waals surface area (Å²) in [7, 11) is 0. The van der Waals surface area contributed by atoms with Gasteiger partial charge in [0.2, 0.25) is 0 Å². The number of carboxylic acids is 1. The van der Waals surface area contributed by atoms with Gasteiger partial charge < -0.3 is 5.11 Å². The number of carbonyl (C=O) groups is 2. The molecule has 0 aliphatic rings. The Morgan fingerprint density at radius 3 is 2.57 bits per heavy atom. The lowest BCUT2D eigenvalue weighted by atomic mass is 10.2. The van der Waals surface area contributed by atoms with Gasteiger partial charge in [0.05, 0.1) is 15.6 Å². The van der Waals surface area contributed by atoms with Gasteiger partial charge in [0, 0.05) is 6.42 Å². The minimum atomic E-state index is -0.960. The van der Waals surface area contributed by atoms with E-state index in [1.165, 1.54) is 11.3 Å². The topological polar surface area (TPSA) is 54.4 Å². The zero-order valence-electron chi connectivity index (χ0n) is 7.54. The number of rotatable bonds is 4. The Kier molecular flexibility index (Phi) is 3.66. The minimum absolute atomic E-state index is 0.0333. The van der Waals surface area contributed by atoms with E-state index >= 15 is 0 Å². The molecule has 0 fully saturated rings. The first-order valence-electron chi connectivity index (χ1n) is 4.01. The smallest absolute Gasteiger partial charge is 0.303 e. The van der Waals surface area contributed by atoms with E-state index in [0.717, 1.165) is 5.56 Å². The molecule has 0 radical (unpaired) electrons. The molecular formula is C9H9ClO3S. The Morgan fingerprint density at radius 2 is 2.14 bits per heavy atom. The fourth-order valence-corrected chi connectivity index (χ4v) is 2.11. The number of carboxylic acid groups (broad SMARTS) is 1. The van der Waals surface area contributed by atoms with Crippen molar-refractivity contribution in [1.82, 2.24) is 0 Å². The molecule has 1 aromatic rings. The second kappa shape index (κ2) is 4.57. The zero-order valence-corrected chi connectivity index (χ0v) is 9.11. The first kappa shape index (κ1) is 11.2. The Labute approximate surface area is 90.3 Å². The third kappa shape index (κ3) is 2.82. The third-order valence-corrected chi connectivity index (χ3v) is 3.29. The number of thiophene rings is 1. The average molecular weight is 233 g/mol. The number of aryl methyl sites for hydroxylation is 1. The van der Waals surface area contributed by atoms with Crippen molar-refractivity contribution < 1.29 is 14.7 Å². The zero-order chi connectivity index (χ0) is 10.7. The van der Waals surface area contributed by atoms with Crippen LogP contribution in [-0.4, -0.2) is 16.9 Å². The fourth-order valence-electron chi connectivity index (χ4n) is 0.941. The number of Topliss-reactive ketones (excluding diaryl/α,β-unsaturated/α-hetero) is 1. The van der Waals surface area contributed by atoms with Gasteiger partial charge in [-0.2, -0.15) is 0 Å². The molecule has 0 saturated heterocycles. The second-order valence-corrected chi connectivity index (χ2v) is 4.54. The van der Waals surface area contributed by atoms with Crippen LogP contribution in [0.4, 0.5) is 0 Å². The molecule has 76 valence electrons. The molecular weight excluding hydrogens is 224 g/mol. The van der Waals surface area contributed by atoms with Gasteiger partial charge >= 0.3 is 5.97 Å². The minimum Gasteiger partial charge on any atom is -0.481 e. The van der Waals surface area contributed by atoms with E-state index < -0.39 is 5.97 Å². The Hall–Kier alpha value is -0.870. The Bertz CT molecular complexity index is 351. The van der Waals surface area contributed by atoms with Crippen molar-refractivity contribution in [1.29, 1.82) is 0 Å². The maximum Gasteiger partial charge on any atom is 0.303 e. The van der Waals surface area contributed by atoms with Crippen molar-refractivity contribution in [3.63, 3.8) is 0 Å². The van der Waals surface area contributed by atoms with Crippen LogP contribution in [0, 0.1) is 6.92 Å². The van der Waals surface area contributed by atoms with Gasteiger partial charge in [-0.05, 0) is 18.6 Å². The summed E-state index contributed by atoms with van der Waals surface area (Å²) in [5.74, 6) is -1.12. The molecule has 1 N–H and O–H groups in total. The van der Waals surface area contributed by atoms with E-state index in [2.05, 4.69) is 0 Å². The summed E-state index contributed by atoms with van der Waals surface area (Å²) in [6, 6.07) is 1.69. The molecule has 0 aliphatic carbocycles. The number of carbonyl (C=O) groups excluding carboxylic acids is 1. The van der Waals surface area contributed by atoms with Crippen LogP contribution >= 0.6 is 22.9 Å². The Morgan fingerprint density at radius 1 is 1.50 bits per heavy atom.